The number of ether oxygens (including phenoxy) is 1. The maximum atomic E-state index is 12.6. The van der Waals surface area contributed by atoms with Crippen molar-refractivity contribution in [3.63, 3.8) is 0 Å². The minimum Gasteiger partial charge on any atom is -0.455 e. The van der Waals surface area contributed by atoms with Crippen LogP contribution in [0.2, 0.25) is 0 Å². The van der Waals surface area contributed by atoms with E-state index in [2.05, 4.69) is 6.58 Å². The molecule has 1 saturated heterocycles. The van der Waals surface area contributed by atoms with Crippen molar-refractivity contribution in [2.45, 2.75) is 51.2 Å². The zero-order chi connectivity index (χ0) is 18.0. The molecule has 1 fully saturated rings. The van der Waals surface area contributed by atoms with Gasteiger partial charge in [-0.2, -0.15) is 0 Å². The first-order valence-corrected chi connectivity index (χ1v) is 8.30. The lowest BCUT2D eigenvalue weighted by atomic mass is 9.78. The molecule has 2 aliphatic heterocycles. The van der Waals surface area contributed by atoms with Crippen molar-refractivity contribution < 1.29 is 19.4 Å². The van der Waals surface area contributed by atoms with Gasteiger partial charge in [-0.1, -0.05) is 36.5 Å². The van der Waals surface area contributed by atoms with Crippen LogP contribution in [0.4, 0.5) is 0 Å². The van der Waals surface area contributed by atoms with E-state index >= 15 is 0 Å². The molecule has 0 spiro atoms. The molecule has 130 valence electrons. The van der Waals surface area contributed by atoms with E-state index < -0.39 is 17.1 Å². The minimum absolute atomic E-state index is 0.254. The summed E-state index contributed by atoms with van der Waals surface area (Å²) in [7, 11) is 0. The highest BCUT2D eigenvalue weighted by molar-refractivity contribution is 5.82. The normalized spacial score (nSPS) is 32.9. The van der Waals surface area contributed by atoms with Crippen LogP contribution in [0.1, 0.15) is 40.0 Å². The highest BCUT2D eigenvalue weighted by Gasteiger charge is 2.42. The largest absolute Gasteiger partial charge is 0.455 e. The summed E-state index contributed by atoms with van der Waals surface area (Å²) in [5.41, 5.74) is -0.280. The molecule has 0 aromatic rings. The monoisotopic (exact) mass is 330 g/mol. The summed E-state index contributed by atoms with van der Waals surface area (Å²) in [5.74, 6) is -1.08. The van der Waals surface area contributed by atoms with E-state index in [1.165, 1.54) is 0 Å². The number of aldehydes is 1. The predicted octanol–water partition coefficient (Wildman–Crippen LogP) is 3.28. The fourth-order valence-corrected chi connectivity index (χ4v) is 3.28. The van der Waals surface area contributed by atoms with Gasteiger partial charge in [0, 0.05) is 5.92 Å². The second kappa shape index (κ2) is 6.89. The molecule has 0 aliphatic carbocycles. The number of esters is 1. The Bertz CT molecular complexity index is 618. The summed E-state index contributed by atoms with van der Waals surface area (Å²) < 4.78 is 5.67. The molecule has 0 aromatic heterocycles. The first kappa shape index (κ1) is 18.4. The van der Waals surface area contributed by atoms with Gasteiger partial charge in [0.05, 0.1) is 11.5 Å². The molecule has 0 aromatic carbocycles. The van der Waals surface area contributed by atoms with E-state index in [0.717, 1.165) is 11.9 Å². The van der Waals surface area contributed by atoms with Crippen LogP contribution in [0.25, 0.3) is 0 Å². The highest BCUT2D eigenvalue weighted by Crippen LogP contribution is 2.41. The minimum atomic E-state index is -0.957. The van der Waals surface area contributed by atoms with E-state index in [-0.39, 0.29) is 11.9 Å². The maximum absolute atomic E-state index is 12.6. The molecular weight excluding hydrogens is 304 g/mol. The number of carbonyl (C=O) groups excluding carboxylic acids is 2. The molecule has 24 heavy (non-hydrogen) atoms. The van der Waals surface area contributed by atoms with E-state index in [9.17, 15) is 14.7 Å². The van der Waals surface area contributed by atoms with Crippen LogP contribution in [0.5, 0.6) is 0 Å². The van der Waals surface area contributed by atoms with Gasteiger partial charge in [-0.3, -0.25) is 9.59 Å². The second-order valence-corrected chi connectivity index (χ2v) is 7.42. The van der Waals surface area contributed by atoms with Gasteiger partial charge >= 0.3 is 5.97 Å². The summed E-state index contributed by atoms with van der Waals surface area (Å²) in [6.07, 6.45) is 11.6. The number of allylic oxidation sites excluding steroid dienone is 4. The number of aliphatic hydroxyl groups is 1. The van der Waals surface area contributed by atoms with Crippen molar-refractivity contribution >= 4 is 12.3 Å². The number of hydrogen-bond donors (Lipinski definition) is 1. The number of hydrogen-bond acceptors (Lipinski definition) is 4. The fraction of sp³-hybridized carbons (Fsp3) is 0.500. The Morgan fingerprint density at radius 1 is 1.50 bits per heavy atom. The molecule has 4 nitrogen and oxygen atoms in total. The van der Waals surface area contributed by atoms with Gasteiger partial charge < -0.3 is 9.84 Å². The van der Waals surface area contributed by atoms with Crippen molar-refractivity contribution in [1.29, 1.82) is 0 Å². The van der Waals surface area contributed by atoms with Crippen LogP contribution < -0.4 is 0 Å². The van der Waals surface area contributed by atoms with Crippen molar-refractivity contribution in [3.05, 3.63) is 48.1 Å². The third kappa shape index (κ3) is 4.32. The molecule has 1 N–H and O–H groups in total. The lowest BCUT2D eigenvalue weighted by Crippen LogP contribution is -2.32. The Morgan fingerprint density at radius 3 is 2.83 bits per heavy atom. The van der Waals surface area contributed by atoms with Crippen molar-refractivity contribution in [3.8, 4) is 0 Å². The van der Waals surface area contributed by atoms with Gasteiger partial charge in [0.1, 0.15) is 11.9 Å². The molecule has 3 atom stereocenters. The quantitative estimate of drug-likeness (QED) is 0.282. The zero-order valence-electron chi connectivity index (χ0n) is 14.6. The molecule has 0 unspecified atom stereocenters. The summed E-state index contributed by atoms with van der Waals surface area (Å²) in [5, 5.41) is 9.75. The van der Waals surface area contributed by atoms with Crippen molar-refractivity contribution in [2.24, 2.45) is 11.8 Å². The average molecular weight is 330 g/mol. The van der Waals surface area contributed by atoms with Gasteiger partial charge in [-0.15, -0.1) is 0 Å². The molecule has 0 amide bonds. The number of fused-ring (bicyclic) bond motifs is 3. The van der Waals surface area contributed by atoms with Gasteiger partial charge in [0.25, 0.3) is 0 Å². The maximum Gasteiger partial charge on any atom is 0.314 e. The predicted molar refractivity (Wildman–Crippen MR) is 93.2 cm³/mol. The average Bonchev–Trinajstić information content (AvgIpc) is 2.54. The Hall–Kier alpha value is -1.94. The SMILES string of the molecule is C=C1C/C=C\[C@]2(C)CC[C@H](/C(C=O)=C/C=C/C(C)(C)O)[C@H]1C(=O)O2. The Labute approximate surface area is 143 Å². The van der Waals surface area contributed by atoms with E-state index in [1.54, 1.807) is 32.1 Å². The highest BCUT2D eigenvalue weighted by atomic mass is 16.6. The van der Waals surface area contributed by atoms with Crippen LogP contribution in [0, 0.1) is 11.8 Å². The van der Waals surface area contributed by atoms with E-state index in [1.807, 2.05) is 19.1 Å². The van der Waals surface area contributed by atoms with Crippen molar-refractivity contribution in [1.82, 2.24) is 0 Å². The number of carbonyl (C=O) groups is 2. The van der Waals surface area contributed by atoms with Crippen LogP contribution in [0.3, 0.4) is 0 Å². The second-order valence-electron chi connectivity index (χ2n) is 7.42. The summed E-state index contributed by atoms with van der Waals surface area (Å²) in [6, 6.07) is 0. The lowest BCUT2D eigenvalue weighted by Gasteiger charge is -2.28. The number of rotatable bonds is 4. The topological polar surface area (TPSA) is 63.6 Å². The summed E-state index contributed by atoms with van der Waals surface area (Å²) in [4.78, 5) is 24.3. The van der Waals surface area contributed by atoms with Crippen LogP contribution in [-0.2, 0) is 14.3 Å². The molecular formula is C20H26O4. The first-order chi connectivity index (χ1) is 11.2. The third-order valence-corrected chi connectivity index (χ3v) is 4.59. The van der Waals surface area contributed by atoms with Crippen LogP contribution in [0.15, 0.2) is 48.1 Å². The Balaban J connectivity index is 2.39. The van der Waals surface area contributed by atoms with E-state index in [4.69, 9.17) is 4.74 Å². The molecule has 0 saturated carbocycles. The Kier molecular flexibility index (Phi) is 5.29. The molecule has 2 heterocycles. The first-order valence-electron chi connectivity index (χ1n) is 8.30. The Morgan fingerprint density at radius 2 is 2.21 bits per heavy atom. The van der Waals surface area contributed by atoms with Crippen molar-refractivity contribution in [2.75, 3.05) is 0 Å². The fourth-order valence-electron chi connectivity index (χ4n) is 3.28. The summed E-state index contributed by atoms with van der Waals surface area (Å²) >= 11 is 0. The van der Waals surface area contributed by atoms with Gasteiger partial charge in [0.15, 0.2) is 0 Å². The smallest absolute Gasteiger partial charge is 0.314 e. The lowest BCUT2D eigenvalue weighted by molar-refractivity contribution is -0.156. The zero-order valence-corrected chi connectivity index (χ0v) is 14.6. The molecule has 4 heteroatoms. The molecule has 0 radical (unpaired) electrons. The van der Waals surface area contributed by atoms with Gasteiger partial charge in [-0.05, 0) is 51.7 Å². The van der Waals surface area contributed by atoms with Gasteiger partial charge in [0.2, 0.25) is 0 Å². The van der Waals surface area contributed by atoms with Crippen LogP contribution in [-0.4, -0.2) is 28.6 Å². The van der Waals surface area contributed by atoms with Gasteiger partial charge in [-0.25, -0.2) is 0 Å². The van der Waals surface area contributed by atoms with Crippen LogP contribution >= 0.6 is 0 Å². The van der Waals surface area contributed by atoms with E-state index in [0.29, 0.717) is 24.8 Å². The molecule has 2 bridgehead atoms. The third-order valence-electron chi connectivity index (χ3n) is 4.59. The standard InChI is InChI=1S/C20H26O4/c1-14-7-5-11-20(4)12-9-16(17(14)18(22)24-20)15(13-21)8-6-10-19(2,3)23/h5-6,8,10-11,13,16-17,23H,1,7,9,12H2,2-4H3/b10-6+,11-5-,15-8+/t16-,17+,20-/m1/s1. The molecule has 2 aliphatic rings. The summed E-state index contributed by atoms with van der Waals surface area (Å²) in [6.45, 7) is 9.25. The molecule has 2 rings (SSSR count).